The Morgan fingerprint density at radius 2 is 1.92 bits per heavy atom. The van der Waals surface area contributed by atoms with Gasteiger partial charge in [0.05, 0.1) is 17.4 Å². The van der Waals surface area contributed by atoms with Gasteiger partial charge in [0.15, 0.2) is 0 Å². The second-order valence-corrected chi connectivity index (χ2v) is 8.39. The number of nitrogens with zero attached hydrogens (tertiary/aromatic N) is 2. The van der Waals surface area contributed by atoms with Gasteiger partial charge in [0.25, 0.3) is 5.91 Å². The average molecular weight is 350 g/mol. The number of carbonyl (C=O) groups excluding carboxylic acids is 2. The van der Waals surface area contributed by atoms with Gasteiger partial charge < -0.3 is 4.90 Å². The van der Waals surface area contributed by atoms with Gasteiger partial charge in [-0.15, -0.1) is 0 Å². The summed E-state index contributed by atoms with van der Waals surface area (Å²) in [4.78, 5) is 26.6. The molecule has 0 saturated carbocycles. The molecule has 2 amide bonds. The normalized spacial score (nSPS) is 26.2. The van der Waals surface area contributed by atoms with Gasteiger partial charge in [-0.3, -0.25) is 9.59 Å². The first-order valence-corrected chi connectivity index (χ1v) is 9.94. The summed E-state index contributed by atoms with van der Waals surface area (Å²) in [6, 6.07) is 6.57. The van der Waals surface area contributed by atoms with E-state index in [2.05, 4.69) is 6.92 Å². The van der Waals surface area contributed by atoms with Crippen molar-refractivity contribution in [3.05, 3.63) is 29.8 Å². The third-order valence-corrected chi connectivity index (χ3v) is 6.69. The quantitative estimate of drug-likeness (QED) is 0.836. The first kappa shape index (κ1) is 17.0. The molecule has 2 fully saturated rings. The fraction of sp³-hybridized carbons (Fsp3) is 0.529. The number of likely N-dealkylation sites (tertiary alicyclic amines) is 1. The van der Waals surface area contributed by atoms with E-state index in [-0.39, 0.29) is 17.7 Å². The number of rotatable bonds is 3. The molecule has 2 unspecified atom stereocenters. The van der Waals surface area contributed by atoms with Crippen molar-refractivity contribution in [1.82, 2.24) is 4.90 Å². The molecular formula is C17H22N2O4S. The Bertz CT molecular complexity index is 757. The second-order valence-electron chi connectivity index (χ2n) is 6.53. The smallest absolute Gasteiger partial charge is 0.254 e. The molecule has 6 nitrogen and oxygen atoms in total. The molecule has 2 aliphatic heterocycles. The van der Waals surface area contributed by atoms with Gasteiger partial charge in [-0.2, -0.15) is 0 Å². The number of carbonyl (C=O) groups is 2. The summed E-state index contributed by atoms with van der Waals surface area (Å²) in [5.41, 5.74) is 0.825. The summed E-state index contributed by atoms with van der Waals surface area (Å²) < 4.78 is 25.1. The molecule has 0 aliphatic carbocycles. The number of sulfonamides is 1. The molecule has 2 aliphatic rings. The number of amides is 2. The van der Waals surface area contributed by atoms with Crippen molar-refractivity contribution in [1.29, 1.82) is 0 Å². The van der Waals surface area contributed by atoms with Crippen LogP contribution in [0.25, 0.3) is 0 Å². The summed E-state index contributed by atoms with van der Waals surface area (Å²) in [5.74, 6) is -1.15. The zero-order chi connectivity index (χ0) is 17.5. The standard InChI is InChI=1S/C17H22N2O4S/c1-3-14-5-4-10-18(14)17(21)13-6-8-15(9-7-13)19-16(20)12(2)11-24(19,22)23/h6-9,12,14H,3-5,10-11H2,1-2H3. The molecule has 2 heterocycles. The summed E-state index contributed by atoms with van der Waals surface area (Å²) in [6.07, 6.45) is 2.97. The topological polar surface area (TPSA) is 74.8 Å². The van der Waals surface area contributed by atoms with Crippen LogP contribution in [0.15, 0.2) is 24.3 Å². The second kappa shape index (κ2) is 6.20. The molecule has 2 saturated heterocycles. The number of anilines is 1. The van der Waals surface area contributed by atoms with E-state index in [9.17, 15) is 18.0 Å². The van der Waals surface area contributed by atoms with Gasteiger partial charge in [0.1, 0.15) is 0 Å². The SMILES string of the molecule is CCC1CCCN1C(=O)c1ccc(N2C(=O)C(C)CS2(=O)=O)cc1. The van der Waals surface area contributed by atoms with E-state index in [0.29, 0.717) is 11.3 Å². The van der Waals surface area contributed by atoms with Crippen molar-refractivity contribution in [2.24, 2.45) is 5.92 Å². The lowest BCUT2D eigenvalue weighted by Gasteiger charge is -2.24. The Kier molecular flexibility index (Phi) is 4.38. The van der Waals surface area contributed by atoms with E-state index in [1.807, 2.05) is 4.90 Å². The van der Waals surface area contributed by atoms with Crippen LogP contribution >= 0.6 is 0 Å². The van der Waals surface area contributed by atoms with Crippen molar-refractivity contribution in [2.75, 3.05) is 16.6 Å². The largest absolute Gasteiger partial charge is 0.336 e. The van der Waals surface area contributed by atoms with Crippen LogP contribution in [-0.2, 0) is 14.8 Å². The monoisotopic (exact) mass is 350 g/mol. The van der Waals surface area contributed by atoms with Crippen molar-refractivity contribution >= 4 is 27.5 Å². The Morgan fingerprint density at radius 3 is 2.46 bits per heavy atom. The zero-order valence-electron chi connectivity index (χ0n) is 13.9. The highest BCUT2D eigenvalue weighted by molar-refractivity contribution is 7.94. The number of hydrogen-bond donors (Lipinski definition) is 0. The maximum Gasteiger partial charge on any atom is 0.254 e. The third-order valence-electron chi connectivity index (χ3n) is 4.82. The minimum Gasteiger partial charge on any atom is -0.336 e. The summed E-state index contributed by atoms with van der Waals surface area (Å²) in [6.45, 7) is 4.44. The van der Waals surface area contributed by atoms with Crippen LogP contribution in [0, 0.1) is 5.92 Å². The molecule has 0 aromatic heterocycles. The zero-order valence-corrected chi connectivity index (χ0v) is 14.8. The van der Waals surface area contributed by atoms with Crippen molar-refractivity contribution < 1.29 is 18.0 Å². The molecule has 0 radical (unpaired) electrons. The predicted molar refractivity (Wildman–Crippen MR) is 91.2 cm³/mol. The lowest BCUT2D eigenvalue weighted by Crippen LogP contribution is -2.35. The maximum absolute atomic E-state index is 12.6. The molecule has 3 rings (SSSR count). The third kappa shape index (κ3) is 2.81. The first-order valence-electron chi connectivity index (χ1n) is 8.33. The van der Waals surface area contributed by atoms with Gasteiger partial charge in [0, 0.05) is 18.2 Å². The molecule has 0 spiro atoms. The first-order chi connectivity index (χ1) is 11.3. The van der Waals surface area contributed by atoms with E-state index < -0.39 is 21.8 Å². The molecule has 0 N–H and O–H groups in total. The van der Waals surface area contributed by atoms with Gasteiger partial charge in [-0.1, -0.05) is 13.8 Å². The molecule has 130 valence electrons. The van der Waals surface area contributed by atoms with Gasteiger partial charge in [-0.25, -0.2) is 12.7 Å². The van der Waals surface area contributed by atoms with Crippen LogP contribution in [0.2, 0.25) is 0 Å². The number of hydrogen-bond acceptors (Lipinski definition) is 4. The average Bonchev–Trinajstić information content (AvgIpc) is 3.09. The van der Waals surface area contributed by atoms with Gasteiger partial charge in [0.2, 0.25) is 15.9 Å². The van der Waals surface area contributed by atoms with Crippen molar-refractivity contribution in [2.45, 2.75) is 39.2 Å². The fourth-order valence-electron chi connectivity index (χ4n) is 3.52. The minimum absolute atomic E-state index is 0.0325. The molecule has 1 aromatic carbocycles. The van der Waals surface area contributed by atoms with Crippen LogP contribution in [0.3, 0.4) is 0 Å². The van der Waals surface area contributed by atoms with Gasteiger partial charge >= 0.3 is 0 Å². The Labute approximate surface area is 142 Å². The van der Waals surface area contributed by atoms with E-state index in [0.717, 1.165) is 30.1 Å². The van der Waals surface area contributed by atoms with Crippen LogP contribution < -0.4 is 4.31 Å². The highest BCUT2D eigenvalue weighted by Crippen LogP contribution is 2.29. The van der Waals surface area contributed by atoms with E-state index >= 15 is 0 Å². The van der Waals surface area contributed by atoms with E-state index in [1.165, 1.54) is 12.1 Å². The van der Waals surface area contributed by atoms with Crippen LogP contribution in [0.1, 0.15) is 43.5 Å². The highest BCUT2D eigenvalue weighted by atomic mass is 32.2. The fourth-order valence-corrected chi connectivity index (χ4v) is 5.34. The summed E-state index contributed by atoms with van der Waals surface area (Å²) in [5, 5.41) is 0. The Morgan fingerprint density at radius 1 is 1.25 bits per heavy atom. The molecule has 2 atom stereocenters. The molecule has 7 heteroatoms. The Balaban J connectivity index is 1.84. The molecule has 24 heavy (non-hydrogen) atoms. The Hall–Kier alpha value is -1.89. The summed E-state index contributed by atoms with van der Waals surface area (Å²) in [7, 11) is -3.61. The van der Waals surface area contributed by atoms with E-state index in [4.69, 9.17) is 0 Å². The maximum atomic E-state index is 12.6. The van der Waals surface area contributed by atoms with Crippen LogP contribution in [0.4, 0.5) is 5.69 Å². The van der Waals surface area contributed by atoms with Gasteiger partial charge in [-0.05, 0) is 43.5 Å². The minimum atomic E-state index is -3.61. The van der Waals surface area contributed by atoms with E-state index in [1.54, 1.807) is 19.1 Å². The lowest BCUT2D eigenvalue weighted by molar-refractivity contribution is -0.119. The summed E-state index contributed by atoms with van der Waals surface area (Å²) >= 11 is 0. The molecular weight excluding hydrogens is 328 g/mol. The van der Waals surface area contributed by atoms with Crippen LogP contribution in [-0.4, -0.2) is 43.5 Å². The number of benzene rings is 1. The van der Waals surface area contributed by atoms with Crippen molar-refractivity contribution in [3.63, 3.8) is 0 Å². The van der Waals surface area contributed by atoms with Crippen LogP contribution in [0.5, 0.6) is 0 Å². The molecule has 1 aromatic rings. The predicted octanol–water partition coefficient (Wildman–Crippen LogP) is 2.01. The van der Waals surface area contributed by atoms with Crippen molar-refractivity contribution in [3.8, 4) is 0 Å². The highest BCUT2D eigenvalue weighted by Gasteiger charge is 2.42. The lowest BCUT2D eigenvalue weighted by atomic mass is 10.1. The molecule has 0 bridgehead atoms.